The highest BCUT2D eigenvalue weighted by molar-refractivity contribution is 5.96. The van der Waals surface area contributed by atoms with E-state index in [1.807, 2.05) is 12.1 Å². The summed E-state index contributed by atoms with van der Waals surface area (Å²) in [5.74, 6) is 0.314. The Labute approximate surface area is 83.0 Å². The maximum atomic E-state index is 11.5. The van der Waals surface area contributed by atoms with E-state index in [0.29, 0.717) is 5.69 Å². The van der Waals surface area contributed by atoms with E-state index in [2.05, 4.69) is 10.3 Å². The summed E-state index contributed by atoms with van der Waals surface area (Å²) in [4.78, 5) is 15.5. The largest absolute Gasteiger partial charge is 0.315 e. The van der Waals surface area contributed by atoms with Gasteiger partial charge in [-0.1, -0.05) is 6.07 Å². The van der Waals surface area contributed by atoms with Crippen molar-refractivity contribution in [3.8, 4) is 0 Å². The van der Waals surface area contributed by atoms with Gasteiger partial charge in [0.15, 0.2) is 5.78 Å². The Kier molecular flexibility index (Phi) is 3.39. The normalized spacial score (nSPS) is 15.7. The number of hydrogen-bond donors (Lipinski definition) is 1. The molecular weight excluding hydrogens is 188 g/mol. The average Bonchev–Trinajstić information content (AvgIpc) is 2.03. The van der Waals surface area contributed by atoms with Crippen molar-refractivity contribution in [3.05, 3.63) is 30.1 Å². The number of aromatic nitrogens is 1. The molecule has 1 aromatic rings. The lowest BCUT2D eigenvalue weighted by Gasteiger charge is -2.24. The predicted octanol–water partition coefficient (Wildman–Crippen LogP) is 0.905. The summed E-state index contributed by atoms with van der Waals surface area (Å²) in [5.41, 5.74) is 0.587. The number of ketones is 1. The molecule has 0 spiro atoms. The smallest absolute Gasteiger partial charge is 0.186 e. The molecule has 3 nitrogen and oxygen atoms in total. The summed E-state index contributed by atoms with van der Waals surface area (Å²) in [6.07, 6.45) is 1.65. The molecule has 1 aromatic heterocycles. The van der Waals surface area contributed by atoms with E-state index >= 15 is 0 Å². The van der Waals surface area contributed by atoms with Gasteiger partial charge < -0.3 is 5.32 Å². The molecule has 0 radical (unpaired) electrons. The van der Waals surface area contributed by atoms with Crippen LogP contribution in [-0.4, -0.2) is 23.9 Å². The molecule has 0 bridgehead atoms. The summed E-state index contributed by atoms with van der Waals surface area (Å²) < 4.78 is 0. The standard InChI is InChI=1S/C9H10N2O.ClH/c12-9(7-5-10-6-7)8-3-1-2-4-11-8;/h1-4,7,10H,5-6H2;1H. The zero-order valence-electron chi connectivity index (χ0n) is 7.06. The molecule has 0 atom stereocenters. The highest BCUT2D eigenvalue weighted by atomic mass is 35.5. The Morgan fingerprint density at radius 1 is 1.46 bits per heavy atom. The van der Waals surface area contributed by atoms with Crippen LogP contribution in [0.25, 0.3) is 0 Å². The number of nitrogens with one attached hydrogen (secondary N) is 1. The van der Waals surface area contributed by atoms with E-state index < -0.39 is 0 Å². The van der Waals surface area contributed by atoms with Crippen molar-refractivity contribution < 1.29 is 4.79 Å². The molecule has 2 heterocycles. The van der Waals surface area contributed by atoms with Crippen molar-refractivity contribution in [1.29, 1.82) is 0 Å². The molecule has 2 rings (SSSR count). The zero-order valence-corrected chi connectivity index (χ0v) is 7.88. The fourth-order valence-corrected chi connectivity index (χ4v) is 1.19. The number of pyridine rings is 1. The van der Waals surface area contributed by atoms with Crippen LogP contribution in [0.3, 0.4) is 0 Å². The van der Waals surface area contributed by atoms with Crippen molar-refractivity contribution in [1.82, 2.24) is 10.3 Å². The zero-order chi connectivity index (χ0) is 8.39. The molecule has 4 heteroatoms. The van der Waals surface area contributed by atoms with Gasteiger partial charge in [-0.2, -0.15) is 0 Å². The molecule has 0 aliphatic carbocycles. The first-order valence-corrected chi connectivity index (χ1v) is 4.04. The minimum absolute atomic E-state index is 0. The number of nitrogens with zero attached hydrogens (tertiary/aromatic N) is 1. The van der Waals surface area contributed by atoms with Gasteiger partial charge in [-0.05, 0) is 12.1 Å². The van der Waals surface area contributed by atoms with Crippen molar-refractivity contribution in [2.45, 2.75) is 0 Å². The van der Waals surface area contributed by atoms with E-state index in [-0.39, 0.29) is 24.1 Å². The maximum absolute atomic E-state index is 11.5. The highest BCUT2D eigenvalue weighted by Gasteiger charge is 2.26. The molecule has 1 aliphatic rings. The monoisotopic (exact) mass is 198 g/mol. The van der Waals surface area contributed by atoms with Gasteiger partial charge in [-0.15, -0.1) is 12.4 Å². The maximum Gasteiger partial charge on any atom is 0.186 e. The molecule has 13 heavy (non-hydrogen) atoms. The molecule has 70 valence electrons. The second-order valence-electron chi connectivity index (χ2n) is 2.93. The second kappa shape index (κ2) is 4.35. The number of halogens is 1. The molecule has 0 aromatic carbocycles. The van der Waals surface area contributed by atoms with Crippen LogP contribution < -0.4 is 5.32 Å². The first-order chi connectivity index (χ1) is 5.88. The number of Topliss-reactive ketones (excluding diaryl/α,β-unsaturated/α-hetero) is 1. The van der Waals surface area contributed by atoms with E-state index in [1.165, 1.54) is 0 Å². The third kappa shape index (κ3) is 2.05. The Balaban J connectivity index is 0.000000845. The highest BCUT2D eigenvalue weighted by Crippen LogP contribution is 2.09. The quantitative estimate of drug-likeness (QED) is 0.719. The molecule has 1 aliphatic heterocycles. The molecule has 1 N–H and O–H groups in total. The SMILES string of the molecule is Cl.O=C(c1ccccn1)C1CNC1. The van der Waals surface area contributed by atoms with Crippen LogP contribution >= 0.6 is 12.4 Å². The molecule has 1 saturated heterocycles. The van der Waals surface area contributed by atoms with Crippen LogP contribution in [-0.2, 0) is 0 Å². The lowest BCUT2D eigenvalue weighted by atomic mass is 9.96. The van der Waals surface area contributed by atoms with Crippen molar-refractivity contribution in [2.75, 3.05) is 13.1 Å². The van der Waals surface area contributed by atoms with E-state index in [4.69, 9.17) is 0 Å². The Hall–Kier alpha value is -0.930. The Morgan fingerprint density at radius 2 is 2.23 bits per heavy atom. The average molecular weight is 199 g/mol. The number of carbonyl (C=O) groups is 1. The van der Waals surface area contributed by atoms with Crippen LogP contribution in [0.15, 0.2) is 24.4 Å². The van der Waals surface area contributed by atoms with E-state index in [0.717, 1.165) is 13.1 Å². The summed E-state index contributed by atoms with van der Waals surface area (Å²) in [6.45, 7) is 1.60. The van der Waals surface area contributed by atoms with Crippen molar-refractivity contribution >= 4 is 18.2 Å². The first-order valence-electron chi connectivity index (χ1n) is 4.04. The second-order valence-corrected chi connectivity index (χ2v) is 2.93. The van der Waals surface area contributed by atoms with Gasteiger partial charge in [0.05, 0.1) is 0 Å². The van der Waals surface area contributed by atoms with E-state index in [9.17, 15) is 4.79 Å². The third-order valence-corrected chi connectivity index (χ3v) is 2.07. The van der Waals surface area contributed by atoms with Crippen molar-refractivity contribution in [2.24, 2.45) is 5.92 Å². The fraction of sp³-hybridized carbons (Fsp3) is 0.333. The lowest BCUT2D eigenvalue weighted by Crippen LogP contribution is -2.46. The summed E-state index contributed by atoms with van der Waals surface area (Å²) in [5, 5.41) is 3.06. The van der Waals surface area contributed by atoms with Gasteiger partial charge in [-0.3, -0.25) is 9.78 Å². The van der Waals surface area contributed by atoms with Gasteiger partial charge in [0.2, 0.25) is 0 Å². The third-order valence-electron chi connectivity index (χ3n) is 2.07. The molecule has 0 amide bonds. The van der Waals surface area contributed by atoms with Crippen molar-refractivity contribution in [3.63, 3.8) is 0 Å². The lowest BCUT2D eigenvalue weighted by molar-refractivity contribution is 0.0873. The summed E-state index contributed by atoms with van der Waals surface area (Å²) in [7, 11) is 0. The topological polar surface area (TPSA) is 42.0 Å². The molecular formula is C9H11ClN2O. The first kappa shape index (κ1) is 10.2. The van der Waals surface area contributed by atoms with Gasteiger partial charge >= 0.3 is 0 Å². The molecule has 1 fully saturated rings. The summed E-state index contributed by atoms with van der Waals surface area (Å²) >= 11 is 0. The Morgan fingerprint density at radius 3 is 2.69 bits per heavy atom. The Bertz CT molecular complexity index is 285. The van der Waals surface area contributed by atoms with Crippen LogP contribution in [0.1, 0.15) is 10.5 Å². The molecule has 0 unspecified atom stereocenters. The predicted molar refractivity (Wildman–Crippen MR) is 52.2 cm³/mol. The number of carbonyl (C=O) groups excluding carboxylic acids is 1. The molecule has 0 saturated carbocycles. The van der Waals surface area contributed by atoms with Crippen LogP contribution in [0, 0.1) is 5.92 Å². The van der Waals surface area contributed by atoms with Crippen LogP contribution in [0.4, 0.5) is 0 Å². The minimum Gasteiger partial charge on any atom is -0.315 e. The number of rotatable bonds is 2. The minimum atomic E-state index is 0. The van der Waals surface area contributed by atoms with Crippen LogP contribution in [0.5, 0.6) is 0 Å². The van der Waals surface area contributed by atoms with Crippen LogP contribution in [0.2, 0.25) is 0 Å². The number of hydrogen-bond acceptors (Lipinski definition) is 3. The van der Waals surface area contributed by atoms with E-state index in [1.54, 1.807) is 12.3 Å². The van der Waals surface area contributed by atoms with Gasteiger partial charge in [0, 0.05) is 25.2 Å². The van der Waals surface area contributed by atoms with Gasteiger partial charge in [0.1, 0.15) is 5.69 Å². The summed E-state index contributed by atoms with van der Waals surface area (Å²) in [6, 6.07) is 5.42. The van der Waals surface area contributed by atoms with Gasteiger partial charge in [0.25, 0.3) is 0 Å². The fourth-order valence-electron chi connectivity index (χ4n) is 1.19. The van der Waals surface area contributed by atoms with Gasteiger partial charge in [-0.25, -0.2) is 0 Å².